The minimum Gasteiger partial charge on any atom is -0.294 e. The van der Waals surface area contributed by atoms with Crippen LogP contribution in [0.5, 0.6) is 0 Å². The van der Waals surface area contributed by atoms with Gasteiger partial charge in [-0.2, -0.15) is 0 Å². The van der Waals surface area contributed by atoms with Crippen LogP contribution >= 0.6 is 23.2 Å². The third-order valence-corrected chi connectivity index (χ3v) is 4.61. The molecule has 18 heavy (non-hydrogen) atoms. The molecular formula is C15H18Cl2O. The van der Waals surface area contributed by atoms with Crippen molar-refractivity contribution in [2.45, 2.75) is 39.0 Å². The van der Waals surface area contributed by atoms with E-state index in [-0.39, 0.29) is 5.78 Å². The number of hydrogen-bond donors (Lipinski definition) is 0. The molecule has 0 bridgehead atoms. The minimum atomic E-state index is 0.0874. The van der Waals surface area contributed by atoms with Crippen LogP contribution < -0.4 is 0 Å². The third kappa shape index (κ3) is 3.07. The van der Waals surface area contributed by atoms with Gasteiger partial charge in [0.25, 0.3) is 0 Å². The maximum atomic E-state index is 12.3. The van der Waals surface area contributed by atoms with Gasteiger partial charge in [0, 0.05) is 6.42 Å². The van der Waals surface area contributed by atoms with E-state index >= 15 is 0 Å². The summed E-state index contributed by atoms with van der Waals surface area (Å²) in [7, 11) is 0. The predicted molar refractivity (Wildman–Crippen MR) is 76.5 cm³/mol. The highest BCUT2D eigenvalue weighted by Crippen LogP contribution is 2.34. The quantitative estimate of drug-likeness (QED) is 0.680. The summed E-state index contributed by atoms with van der Waals surface area (Å²) < 4.78 is 0. The Morgan fingerprint density at radius 1 is 1.22 bits per heavy atom. The van der Waals surface area contributed by atoms with Crippen molar-refractivity contribution in [2.75, 3.05) is 0 Å². The molecule has 1 saturated carbocycles. The van der Waals surface area contributed by atoms with Gasteiger partial charge < -0.3 is 0 Å². The minimum absolute atomic E-state index is 0.0874. The molecule has 1 aliphatic rings. The van der Waals surface area contributed by atoms with Gasteiger partial charge >= 0.3 is 0 Å². The van der Waals surface area contributed by atoms with E-state index in [2.05, 4.69) is 6.92 Å². The highest BCUT2D eigenvalue weighted by molar-refractivity contribution is 6.39. The van der Waals surface area contributed by atoms with Crippen LogP contribution in [0.4, 0.5) is 0 Å². The lowest BCUT2D eigenvalue weighted by molar-refractivity contribution is 0.0927. The van der Waals surface area contributed by atoms with Gasteiger partial charge in [-0.25, -0.2) is 0 Å². The van der Waals surface area contributed by atoms with E-state index in [4.69, 9.17) is 23.2 Å². The van der Waals surface area contributed by atoms with Crippen molar-refractivity contribution >= 4 is 29.0 Å². The van der Waals surface area contributed by atoms with Crippen molar-refractivity contribution in [2.24, 2.45) is 11.8 Å². The molecule has 1 aromatic rings. The second kappa shape index (κ2) is 6.08. The first-order chi connectivity index (χ1) is 8.59. The number of carbonyl (C=O) groups is 1. The van der Waals surface area contributed by atoms with Crippen molar-refractivity contribution in [3.63, 3.8) is 0 Å². The van der Waals surface area contributed by atoms with Crippen molar-refractivity contribution in [3.05, 3.63) is 33.8 Å². The molecule has 2 atom stereocenters. The van der Waals surface area contributed by atoms with Crippen molar-refractivity contribution in [1.82, 2.24) is 0 Å². The molecule has 0 saturated heterocycles. The van der Waals surface area contributed by atoms with Gasteiger partial charge in [0.2, 0.25) is 0 Å². The van der Waals surface area contributed by atoms with Gasteiger partial charge in [-0.05, 0) is 30.4 Å². The Balaban J connectivity index is 2.12. The number of halogens is 2. The van der Waals surface area contributed by atoms with Gasteiger partial charge in [-0.15, -0.1) is 0 Å². The maximum absolute atomic E-state index is 12.3. The summed E-state index contributed by atoms with van der Waals surface area (Å²) in [6.07, 6.45) is 5.48. The lowest BCUT2D eigenvalue weighted by Crippen LogP contribution is -2.20. The van der Waals surface area contributed by atoms with E-state index in [0.29, 0.717) is 33.9 Å². The van der Waals surface area contributed by atoms with Gasteiger partial charge in [0.15, 0.2) is 5.78 Å². The van der Waals surface area contributed by atoms with E-state index in [0.717, 1.165) is 6.42 Å². The molecule has 0 aromatic heterocycles. The average Bonchev–Trinajstić information content (AvgIpc) is 2.32. The molecule has 0 aliphatic heterocycles. The van der Waals surface area contributed by atoms with Crippen LogP contribution in [0.25, 0.3) is 0 Å². The van der Waals surface area contributed by atoms with Gasteiger partial charge in [-0.3, -0.25) is 4.79 Å². The zero-order valence-corrected chi connectivity index (χ0v) is 12.1. The SMILES string of the molecule is CC1CCCCC1CC(=O)c1c(Cl)cccc1Cl. The molecule has 1 aliphatic carbocycles. The highest BCUT2D eigenvalue weighted by atomic mass is 35.5. The van der Waals surface area contributed by atoms with Gasteiger partial charge in [0.05, 0.1) is 15.6 Å². The summed E-state index contributed by atoms with van der Waals surface area (Å²) in [5.41, 5.74) is 0.499. The molecular weight excluding hydrogens is 267 g/mol. The zero-order chi connectivity index (χ0) is 13.1. The molecule has 1 nitrogen and oxygen atoms in total. The molecule has 0 spiro atoms. The summed E-state index contributed by atoms with van der Waals surface area (Å²) in [6.45, 7) is 2.24. The van der Waals surface area contributed by atoms with Gasteiger partial charge in [-0.1, -0.05) is 55.5 Å². The third-order valence-electron chi connectivity index (χ3n) is 3.98. The monoisotopic (exact) mass is 284 g/mol. The van der Waals surface area contributed by atoms with E-state index in [1.54, 1.807) is 18.2 Å². The Morgan fingerprint density at radius 3 is 2.44 bits per heavy atom. The molecule has 1 fully saturated rings. The standard InChI is InChI=1S/C15H18Cl2O/c1-10-5-2-3-6-11(10)9-14(18)15-12(16)7-4-8-13(15)17/h4,7-8,10-11H,2-3,5-6,9H2,1H3. The van der Waals surface area contributed by atoms with Crippen LogP contribution in [-0.4, -0.2) is 5.78 Å². The zero-order valence-electron chi connectivity index (χ0n) is 10.6. The van der Waals surface area contributed by atoms with Crippen molar-refractivity contribution < 1.29 is 4.79 Å². The average molecular weight is 285 g/mol. The summed E-state index contributed by atoms with van der Waals surface area (Å²) in [5.74, 6) is 1.20. The van der Waals surface area contributed by atoms with Crippen LogP contribution in [0, 0.1) is 11.8 Å². The number of Topliss-reactive ketones (excluding diaryl/α,β-unsaturated/α-hetero) is 1. The first-order valence-electron chi connectivity index (χ1n) is 6.57. The number of rotatable bonds is 3. The number of hydrogen-bond acceptors (Lipinski definition) is 1. The molecule has 3 heteroatoms. The first kappa shape index (κ1) is 13.9. The van der Waals surface area contributed by atoms with Crippen LogP contribution in [0.1, 0.15) is 49.4 Å². The fourth-order valence-corrected chi connectivity index (χ4v) is 3.41. The smallest absolute Gasteiger partial charge is 0.166 e. The van der Waals surface area contributed by atoms with Crippen molar-refractivity contribution in [1.29, 1.82) is 0 Å². The van der Waals surface area contributed by atoms with Gasteiger partial charge in [0.1, 0.15) is 0 Å². The topological polar surface area (TPSA) is 17.1 Å². The second-order valence-electron chi connectivity index (χ2n) is 5.25. The summed E-state index contributed by atoms with van der Waals surface area (Å²) in [4.78, 5) is 12.3. The summed E-state index contributed by atoms with van der Waals surface area (Å²) in [6, 6.07) is 5.22. The van der Waals surface area contributed by atoms with E-state index in [9.17, 15) is 4.79 Å². The van der Waals surface area contributed by atoms with Crippen LogP contribution in [0.3, 0.4) is 0 Å². The largest absolute Gasteiger partial charge is 0.294 e. The van der Waals surface area contributed by atoms with E-state index < -0.39 is 0 Å². The normalized spacial score (nSPS) is 23.9. The van der Waals surface area contributed by atoms with Crippen LogP contribution in [0.15, 0.2) is 18.2 Å². The molecule has 0 amide bonds. The molecule has 98 valence electrons. The van der Waals surface area contributed by atoms with Crippen LogP contribution in [0.2, 0.25) is 10.0 Å². The molecule has 0 heterocycles. The van der Waals surface area contributed by atoms with Crippen LogP contribution in [-0.2, 0) is 0 Å². The fourth-order valence-electron chi connectivity index (χ4n) is 2.80. The second-order valence-corrected chi connectivity index (χ2v) is 6.06. The Bertz CT molecular complexity index is 422. The highest BCUT2D eigenvalue weighted by Gasteiger charge is 2.25. The Labute approximate surface area is 118 Å². The maximum Gasteiger partial charge on any atom is 0.166 e. The summed E-state index contributed by atoms with van der Waals surface area (Å²) in [5, 5.41) is 0.937. The summed E-state index contributed by atoms with van der Waals surface area (Å²) >= 11 is 12.1. The molecule has 1 aromatic carbocycles. The molecule has 0 radical (unpaired) electrons. The Hall–Kier alpha value is -0.530. The number of benzene rings is 1. The fraction of sp³-hybridized carbons (Fsp3) is 0.533. The number of carbonyl (C=O) groups excluding carboxylic acids is 1. The Morgan fingerprint density at radius 2 is 1.83 bits per heavy atom. The van der Waals surface area contributed by atoms with E-state index in [1.807, 2.05) is 0 Å². The Kier molecular flexibility index (Phi) is 4.69. The van der Waals surface area contributed by atoms with Crippen molar-refractivity contribution in [3.8, 4) is 0 Å². The van der Waals surface area contributed by atoms with E-state index in [1.165, 1.54) is 19.3 Å². The lowest BCUT2D eigenvalue weighted by Gasteiger charge is -2.28. The molecule has 2 rings (SSSR count). The first-order valence-corrected chi connectivity index (χ1v) is 7.32. The molecule has 0 N–H and O–H groups in total. The molecule has 2 unspecified atom stereocenters. The lowest BCUT2D eigenvalue weighted by atomic mass is 9.77. The predicted octanol–water partition coefficient (Wildman–Crippen LogP) is 5.39. The number of ketones is 1.